The molecule has 0 aromatic heterocycles. The molecule has 2 atom stereocenters. The van der Waals surface area contributed by atoms with E-state index in [-0.39, 0.29) is 0 Å². The SMILES string of the molecule is C=CC1CN1CC1(CC(=C)C)CCCCC1. The average molecular weight is 219 g/mol. The van der Waals surface area contributed by atoms with Gasteiger partial charge in [-0.15, -0.1) is 13.2 Å². The monoisotopic (exact) mass is 219 g/mol. The lowest BCUT2D eigenvalue weighted by Crippen LogP contribution is -2.32. The highest BCUT2D eigenvalue weighted by molar-refractivity contribution is 5.07. The van der Waals surface area contributed by atoms with Gasteiger partial charge in [0, 0.05) is 19.1 Å². The Bertz CT molecular complexity index is 273. The molecule has 2 fully saturated rings. The van der Waals surface area contributed by atoms with Crippen LogP contribution in [0.2, 0.25) is 0 Å². The first-order valence-electron chi connectivity index (χ1n) is 6.66. The van der Waals surface area contributed by atoms with Crippen molar-refractivity contribution in [1.82, 2.24) is 4.90 Å². The molecule has 90 valence electrons. The summed E-state index contributed by atoms with van der Waals surface area (Å²) in [5.41, 5.74) is 1.90. The number of allylic oxidation sites excluding steroid dienone is 1. The lowest BCUT2D eigenvalue weighted by Gasteiger charge is -2.38. The lowest BCUT2D eigenvalue weighted by molar-refractivity contribution is 0.154. The maximum absolute atomic E-state index is 4.12. The van der Waals surface area contributed by atoms with Gasteiger partial charge >= 0.3 is 0 Å². The molecular formula is C15H25N. The van der Waals surface area contributed by atoms with Crippen LogP contribution in [0.5, 0.6) is 0 Å². The Morgan fingerprint density at radius 1 is 1.38 bits per heavy atom. The van der Waals surface area contributed by atoms with Gasteiger partial charge in [-0.25, -0.2) is 0 Å². The van der Waals surface area contributed by atoms with Crippen LogP contribution in [-0.2, 0) is 0 Å². The van der Waals surface area contributed by atoms with Crippen molar-refractivity contribution in [2.75, 3.05) is 13.1 Å². The van der Waals surface area contributed by atoms with E-state index in [2.05, 4.69) is 31.1 Å². The van der Waals surface area contributed by atoms with Gasteiger partial charge in [0.2, 0.25) is 0 Å². The lowest BCUT2D eigenvalue weighted by atomic mass is 9.70. The van der Waals surface area contributed by atoms with Gasteiger partial charge in [0.15, 0.2) is 0 Å². The summed E-state index contributed by atoms with van der Waals surface area (Å²) in [6, 6.07) is 0.670. The minimum atomic E-state index is 0.543. The van der Waals surface area contributed by atoms with E-state index in [1.807, 2.05) is 0 Å². The zero-order valence-electron chi connectivity index (χ0n) is 10.7. The Kier molecular flexibility index (Phi) is 3.53. The molecule has 1 nitrogen and oxygen atoms in total. The summed E-state index contributed by atoms with van der Waals surface area (Å²) in [6.07, 6.45) is 10.4. The number of rotatable bonds is 5. The zero-order valence-corrected chi connectivity index (χ0v) is 10.7. The van der Waals surface area contributed by atoms with Crippen molar-refractivity contribution in [3.8, 4) is 0 Å². The van der Waals surface area contributed by atoms with Gasteiger partial charge in [0.25, 0.3) is 0 Å². The third-order valence-corrected chi connectivity index (χ3v) is 4.16. The van der Waals surface area contributed by atoms with Crippen molar-refractivity contribution in [1.29, 1.82) is 0 Å². The first-order chi connectivity index (χ1) is 7.65. The number of nitrogens with zero attached hydrogens (tertiary/aromatic N) is 1. The predicted molar refractivity (Wildman–Crippen MR) is 70.5 cm³/mol. The van der Waals surface area contributed by atoms with E-state index in [1.165, 1.54) is 57.2 Å². The Balaban J connectivity index is 1.96. The van der Waals surface area contributed by atoms with Crippen LogP contribution < -0.4 is 0 Å². The van der Waals surface area contributed by atoms with E-state index < -0.39 is 0 Å². The maximum Gasteiger partial charge on any atom is 0.0404 e. The van der Waals surface area contributed by atoms with Crippen molar-refractivity contribution in [2.45, 2.75) is 51.5 Å². The molecule has 2 aliphatic rings. The minimum absolute atomic E-state index is 0.543. The van der Waals surface area contributed by atoms with Crippen molar-refractivity contribution in [2.24, 2.45) is 5.41 Å². The summed E-state index contributed by atoms with van der Waals surface area (Å²) in [6.45, 7) is 12.7. The summed E-state index contributed by atoms with van der Waals surface area (Å²) >= 11 is 0. The Morgan fingerprint density at radius 2 is 2.06 bits per heavy atom. The minimum Gasteiger partial charge on any atom is -0.293 e. The summed E-state index contributed by atoms with van der Waals surface area (Å²) in [7, 11) is 0. The van der Waals surface area contributed by atoms with Crippen LogP contribution >= 0.6 is 0 Å². The summed E-state index contributed by atoms with van der Waals surface area (Å²) in [5, 5.41) is 0. The number of hydrogen-bond acceptors (Lipinski definition) is 1. The zero-order chi connectivity index (χ0) is 11.6. The first-order valence-corrected chi connectivity index (χ1v) is 6.66. The van der Waals surface area contributed by atoms with Gasteiger partial charge in [-0.2, -0.15) is 0 Å². The Hall–Kier alpha value is -0.560. The number of hydrogen-bond donors (Lipinski definition) is 0. The normalized spacial score (nSPS) is 32.1. The smallest absolute Gasteiger partial charge is 0.0404 e. The summed E-state index contributed by atoms with van der Waals surface area (Å²) < 4.78 is 0. The van der Waals surface area contributed by atoms with E-state index in [4.69, 9.17) is 0 Å². The van der Waals surface area contributed by atoms with Crippen LogP contribution in [0.3, 0.4) is 0 Å². The van der Waals surface area contributed by atoms with Crippen molar-refractivity contribution in [3.63, 3.8) is 0 Å². The fraction of sp³-hybridized carbons (Fsp3) is 0.733. The second kappa shape index (κ2) is 4.75. The van der Waals surface area contributed by atoms with Crippen molar-refractivity contribution < 1.29 is 0 Å². The molecule has 1 aliphatic heterocycles. The highest BCUT2D eigenvalue weighted by atomic mass is 15.3. The average Bonchev–Trinajstić information content (AvgIpc) is 2.96. The third-order valence-electron chi connectivity index (χ3n) is 4.16. The molecule has 1 saturated heterocycles. The molecule has 1 heteroatoms. The van der Waals surface area contributed by atoms with Crippen LogP contribution in [0.1, 0.15) is 45.4 Å². The molecule has 1 saturated carbocycles. The van der Waals surface area contributed by atoms with Gasteiger partial charge in [0.05, 0.1) is 0 Å². The second-order valence-corrected chi connectivity index (χ2v) is 5.93. The molecule has 0 aromatic rings. The largest absolute Gasteiger partial charge is 0.293 e. The van der Waals surface area contributed by atoms with E-state index in [9.17, 15) is 0 Å². The molecule has 2 rings (SSSR count). The molecule has 0 bridgehead atoms. The van der Waals surface area contributed by atoms with E-state index in [0.717, 1.165) is 0 Å². The fourth-order valence-corrected chi connectivity index (χ4v) is 3.36. The molecule has 1 aliphatic carbocycles. The maximum atomic E-state index is 4.12. The molecule has 0 aromatic carbocycles. The highest BCUT2D eigenvalue weighted by Gasteiger charge is 2.40. The highest BCUT2D eigenvalue weighted by Crippen LogP contribution is 2.43. The summed E-state index contributed by atoms with van der Waals surface area (Å²) in [4.78, 5) is 2.57. The molecule has 1 heterocycles. The van der Waals surface area contributed by atoms with Crippen molar-refractivity contribution in [3.05, 3.63) is 24.8 Å². The quantitative estimate of drug-likeness (QED) is 0.502. The molecule has 0 radical (unpaired) electrons. The molecule has 2 unspecified atom stereocenters. The standard InChI is InChI=1S/C15H25N/c1-4-14-11-16(14)12-15(10-13(2)3)8-6-5-7-9-15/h4,14H,1-2,5-12H2,3H3. The summed E-state index contributed by atoms with van der Waals surface area (Å²) in [5.74, 6) is 0. The third kappa shape index (κ3) is 2.76. The molecular weight excluding hydrogens is 194 g/mol. The Labute approximate surface area is 100 Å². The van der Waals surface area contributed by atoms with Gasteiger partial charge in [-0.1, -0.05) is 30.9 Å². The Morgan fingerprint density at radius 3 is 2.56 bits per heavy atom. The van der Waals surface area contributed by atoms with Gasteiger partial charge in [-0.05, 0) is 31.6 Å². The van der Waals surface area contributed by atoms with Gasteiger partial charge in [0.1, 0.15) is 0 Å². The second-order valence-electron chi connectivity index (χ2n) is 5.93. The van der Waals surface area contributed by atoms with Gasteiger partial charge in [-0.3, -0.25) is 4.90 Å². The van der Waals surface area contributed by atoms with Crippen LogP contribution in [0, 0.1) is 5.41 Å². The van der Waals surface area contributed by atoms with E-state index >= 15 is 0 Å². The van der Waals surface area contributed by atoms with Crippen LogP contribution in [-0.4, -0.2) is 24.0 Å². The van der Waals surface area contributed by atoms with E-state index in [0.29, 0.717) is 11.5 Å². The molecule has 0 amide bonds. The predicted octanol–water partition coefficient (Wildman–Crippen LogP) is 3.77. The van der Waals surface area contributed by atoms with Crippen LogP contribution in [0.4, 0.5) is 0 Å². The van der Waals surface area contributed by atoms with Gasteiger partial charge < -0.3 is 0 Å². The molecule has 0 N–H and O–H groups in total. The molecule has 0 spiro atoms. The molecule has 16 heavy (non-hydrogen) atoms. The fourth-order valence-electron chi connectivity index (χ4n) is 3.36. The van der Waals surface area contributed by atoms with Crippen molar-refractivity contribution >= 4 is 0 Å². The topological polar surface area (TPSA) is 3.01 Å². The van der Waals surface area contributed by atoms with Crippen LogP contribution in [0.25, 0.3) is 0 Å². The first kappa shape index (κ1) is 11.9. The van der Waals surface area contributed by atoms with Crippen LogP contribution in [0.15, 0.2) is 24.8 Å². The van der Waals surface area contributed by atoms with E-state index in [1.54, 1.807) is 0 Å².